The Kier molecular flexibility index (Phi) is 4.46. The fourth-order valence-corrected chi connectivity index (χ4v) is 6.02. The standard InChI is InChI=1S/C21H19N7O2S2/c1-21(2)8-13-14(9-30-21)32-18-16(13)17-22-11-23-28(17)19-25-26-20(27(18)19)31-10-15(29)24-12-6-4-3-5-7-12/h3-7,11H,8-10H2,1-2H3,(H,24,29). The van der Waals surface area contributed by atoms with Gasteiger partial charge in [0.15, 0.2) is 10.8 Å². The largest absolute Gasteiger partial charge is 0.370 e. The quantitative estimate of drug-likeness (QED) is 0.405. The molecule has 1 aromatic carbocycles. The Hall–Kier alpha value is -3.02. The Morgan fingerprint density at radius 3 is 2.97 bits per heavy atom. The molecular weight excluding hydrogens is 446 g/mol. The lowest BCUT2D eigenvalue weighted by atomic mass is 9.94. The van der Waals surface area contributed by atoms with Crippen LogP contribution in [0.25, 0.3) is 21.6 Å². The Morgan fingerprint density at radius 1 is 1.28 bits per heavy atom. The fraction of sp³-hybridized carbons (Fsp3) is 0.286. The molecule has 0 bridgehead atoms. The van der Waals surface area contributed by atoms with Crippen LogP contribution in [-0.2, 0) is 22.6 Å². The second-order valence-corrected chi connectivity index (χ2v) is 10.3. The molecule has 6 rings (SSSR count). The van der Waals surface area contributed by atoms with Crippen molar-refractivity contribution in [3.05, 3.63) is 47.1 Å². The van der Waals surface area contributed by atoms with Gasteiger partial charge in [-0.05, 0) is 31.5 Å². The van der Waals surface area contributed by atoms with Crippen LogP contribution in [0, 0.1) is 0 Å². The molecule has 0 radical (unpaired) electrons. The number of benzene rings is 1. The summed E-state index contributed by atoms with van der Waals surface area (Å²) in [7, 11) is 0. The Bertz CT molecular complexity index is 1490. The number of thioether (sulfide) groups is 1. The van der Waals surface area contributed by atoms with Crippen molar-refractivity contribution in [3.63, 3.8) is 0 Å². The number of carbonyl (C=O) groups excluding carboxylic acids is 1. The van der Waals surface area contributed by atoms with E-state index in [0.717, 1.165) is 28.0 Å². The van der Waals surface area contributed by atoms with Crippen LogP contribution in [0.3, 0.4) is 0 Å². The Morgan fingerprint density at radius 2 is 2.12 bits per heavy atom. The maximum atomic E-state index is 12.5. The first-order valence-corrected chi connectivity index (χ1v) is 11.9. The number of aromatic nitrogens is 6. The molecular formula is C21H19N7O2S2. The lowest BCUT2D eigenvalue weighted by molar-refractivity contribution is -0.113. The number of anilines is 1. The zero-order valence-electron chi connectivity index (χ0n) is 17.4. The number of hydrogen-bond donors (Lipinski definition) is 1. The van der Waals surface area contributed by atoms with Crippen molar-refractivity contribution in [1.82, 2.24) is 29.2 Å². The average Bonchev–Trinajstić information content (AvgIpc) is 3.48. The highest BCUT2D eigenvalue weighted by Gasteiger charge is 2.32. The summed E-state index contributed by atoms with van der Waals surface area (Å²) >= 11 is 3.01. The molecule has 0 saturated carbocycles. The molecule has 9 nitrogen and oxygen atoms in total. The molecule has 32 heavy (non-hydrogen) atoms. The van der Waals surface area contributed by atoms with Crippen LogP contribution >= 0.6 is 23.1 Å². The number of thiophene rings is 1. The van der Waals surface area contributed by atoms with Gasteiger partial charge in [-0.1, -0.05) is 30.0 Å². The molecule has 0 unspecified atom stereocenters. The number of nitrogens with zero attached hydrogens (tertiary/aromatic N) is 6. The van der Waals surface area contributed by atoms with Gasteiger partial charge in [0.25, 0.3) is 5.78 Å². The van der Waals surface area contributed by atoms with Crippen molar-refractivity contribution >= 4 is 56.3 Å². The molecule has 4 aromatic heterocycles. The number of ether oxygens (including phenoxy) is 1. The zero-order chi connectivity index (χ0) is 21.9. The maximum Gasteiger partial charge on any atom is 0.260 e. The summed E-state index contributed by atoms with van der Waals surface area (Å²) in [6, 6.07) is 9.41. The Balaban J connectivity index is 1.43. The summed E-state index contributed by atoms with van der Waals surface area (Å²) in [5.41, 5.74) is 2.54. The Labute approximate surface area is 190 Å². The van der Waals surface area contributed by atoms with Crippen molar-refractivity contribution in [1.29, 1.82) is 0 Å². The van der Waals surface area contributed by atoms with E-state index in [4.69, 9.17) is 4.74 Å². The summed E-state index contributed by atoms with van der Waals surface area (Å²) < 4.78 is 9.74. The fourth-order valence-electron chi connectivity index (χ4n) is 4.00. The van der Waals surface area contributed by atoms with Gasteiger partial charge in [-0.3, -0.25) is 4.79 Å². The third-order valence-electron chi connectivity index (χ3n) is 5.44. The van der Waals surface area contributed by atoms with Gasteiger partial charge in [-0.2, -0.15) is 9.61 Å². The molecule has 1 N–H and O–H groups in total. The topological polar surface area (TPSA) is 98.7 Å². The average molecular weight is 466 g/mol. The van der Waals surface area contributed by atoms with Crippen molar-refractivity contribution in [3.8, 4) is 0 Å². The maximum absolute atomic E-state index is 12.5. The number of amides is 1. The van der Waals surface area contributed by atoms with E-state index >= 15 is 0 Å². The minimum absolute atomic E-state index is 0.100. The monoisotopic (exact) mass is 465 g/mol. The highest BCUT2D eigenvalue weighted by molar-refractivity contribution is 7.99. The predicted molar refractivity (Wildman–Crippen MR) is 123 cm³/mol. The third-order valence-corrected chi connectivity index (χ3v) is 7.56. The van der Waals surface area contributed by atoms with E-state index in [-0.39, 0.29) is 17.3 Å². The van der Waals surface area contributed by atoms with Crippen LogP contribution in [-0.4, -0.2) is 46.5 Å². The van der Waals surface area contributed by atoms with Crippen molar-refractivity contribution in [2.75, 3.05) is 11.1 Å². The smallest absolute Gasteiger partial charge is 0.260 e. The van der Waals surface area contributed by atoms with E-state index < -0.39 is 0 Å². The molecule has 5 heterocycles. The molecule has 162 valence electrons. The van der Waals surface area contributed by atoms with Crippen molar-refractivity contribution in [2.24, 2.45) is 0 Å². The summed E-state index contributed by atoms with van der Waals surface area (Å²) in [4.78, 5) is 19.2. The number of nitrogens with one attached hydrogen (secondary N) is 1. The molecule has 0 aliphatic carbocycles. The minimum Gasteiger partial charge on any atom is -0.370 e. The SMILES string of the molecule is CC1(C)Cc2c(sc3c2c2ncnn2c2nnc(SCC(=O)Nc4ccccc4)n32)CO1. The van der Waals surface area contributed by atoms with Gasteiger partial charge in [0.2, 0.25) is 5.91 Å². The highest BCUT2D eigenvalue weighted by atomic mass is 32.2. The number of para-hydroxylation sites is 1. The number of fused-ring (bicyclic) bond motifs is 8. The molecule has 1 aliphatic heterocycles. The second kappa shape index (κ2) is 7.26. The number of carbonyl (C=O) groups is 1. The van der Waals surface area contributed by atoms with Gasteiger partial charge in [0, 0.05) is 17.0 Å². The zero-order valence-corrected chi connectivity index (χ0v) is 19.0. The third kappa shape index (κ3) is 3.15. The summed E-state index contributed by atoms with van der Waals surface area (Å²) in [5, 5.41) is 17.7. The van der Waals surface area contributed by atoms with Crippen LogP contribution in [0.5, 0.6) is 0 Å². The molecule has 0 atom stereocenters. The van der Waals surface area contributed by atoms with Gasteiger partial charge in [0.1, 0.15) is 11.2 Å². The van der Waals surface area contributed by atoms with E-state index in [0.29, 0.717) is 17.5 Å². The van der Waals surface area contributed by atoms with Gasteiger partial charge >= 0.3 is 0 Å². The molecule has 0 saturated heterocycles. The first kappa shape index (κ1) is 19.6. The van der Waals surface area contributed by atoms with Crippen LogP contribution in [0.15, 0.2) is 41.8 Å². The van der Waals surface area contributed by atoms with E-state index in [1.807, 2.05) is 34.7 Å². The van der Waals surface area contributed by atoms with E-state index in [2.05, 4.69) is 39.4 Å². The van der Waals surface area contributed by atoms with E-state index in [1.54, 1.807) is 15.9 Å². The summed E-state index contributed by atoms with van der Waals surface area (Å²) in [6.45, 7) is 4.77. The lowest BCUT2D eigenvalue weighted by Gasteiger charge is -2.30. The van der Waals surface area contributed by atoms with Crippen LogP contribution in [0.1, 0.15) is 24.3 Å². The molecule has 0 spiro atoms. The molecule has 11 heteroatoms. The molecule has 1 amide bonds. The van der Waals surface area contributed by atoms with Gasteiger partial charge in [-0.15, -0.1) is 21.5 Å². The number of rotatable bonds is 4. The summed E-state index contributed by atoms with van der Waals surface area (Å²) in [6.07, 6.45) is 2.33. The number of hydrogen-bond acceptors (Lipinski definition) is 8. The molecule has 1 aliphatic rings. The first-order valence-electron chi connectivity index (χ1n) is 10.1. The first-order chi connectivity index (χ1) is 15.5. The molecule has 5 aromatic rings. The highest BCUT2D eigenvalue weighted by Crippen LogP contribution is 2.41. The van der Waals surface area contributed by atoms with Crippen molar-refractivity contribution in [2.45, 2.75) is 37.6 Å². The van der Waals surface area contributed by atoms with Crippen LogP contribution < -0.4 is 5.32 Å². The predicted octanol–water partition coefficient (Wildman–Crippen LogP) is 3.57. The van der Waals surface area contributed by atoms with Crippen LogP contribution in [0.4, 0.5) is 5.69 Å². The van der Waals surface area contributed by atoms with Crippen molar-refractivity contribution < 1.29 is 9.53 Å². The van der Waals surface area contributed by atoms with Gasteiger partial charge in [-0.25, -0.2) is 9.38 Å². The molecule has 0 fully saturated rings. The van der Waals surface area contributed by atoms with Gasteiger partial charge < -0.3 is 10.1 Å². The summed E-state index contributed by atoms with van der Waals surface area (Å²) in [5.74, 6) is 0.694. The van der Waals surface area contributed by atoms with E-state index in [1.165, 1.54) is 28.5 Å². The van der Waals surface area contributed by atoms with Gasteiger partial charge in [0.05, 0.1) is 23.3 Å². The lowest BCUT2D eigenvalue weighted by Crippen LogP contribution is -2.31. The normalized spacial score (nSPS) is 15.4. The second-order valence-electron chi connectivity index (χ2n) is 8.23. The van der Waals surface area contributed by atoms with Crippen LogP contribution in [0.2, 0.25) is 0 Å². The minimum atomic E-state index is -0.243. The van der Waals surface area contributed by atoms with E-state index in [9.17, 15) is 4.79 Å².